The van der Waals surface area contributed by atoms with E-state index in [9.17, 15) is 19.7 Å². The third-order valence-electron chi connectivity index (χ3n) is 6.76. The minimum absolute atomic E-state index is 0.0468. The van der Waals surface area contributed by atoms with E-state index in [1.807, 2.05) is 29.6 Å². The molecule has 43 heavy (non-hydrogen) atoms. The van der Waals surface area contributed by atoms with Gasteiger partial charge in [-0.25, -0.2) is 5.01 Å². The molecule has 1 aliphatic heterocycles. The van der Waals surface area contributed by atoms with E-state index in [-0.39, 0.29) is 35.5 Å². The number of nitrogens with one attached hydrogen (secondary N) is 1. The van der Waals surface area contributed by atoms with Gasteiger partial charge < -0.3 is 19.4 Å². The van der Waals surface area contributed by atoms with E-state index in [4.69, 9.17) is 14.6 Å². The molecule has 13 nitrogen and oxygen atoms in total. The second-order valence-corrected chi connectivity index (χ2v) is 11.2. The molecule has 222 valence electrons. The molecule has 1 atom stereocenters. The zero-order chi connectivity index (χ0) is 30.5. The number of hydrazone groups is 1. The van der Waals surface area contributed by atoms with Crippen molar-refractivity contribution in [3.05, 3.63) is 91.9 Å². The van der Waals surface area contributed by atoms with Gasteiger partial charge in [0, 0.05) is 36.7 Å². The van der Waals surface area contributed by atoms with Crippen LogP contribution in [0.5, 0.6) is 11.5 Å². The van der Waals surface area contributed by atoms with E-state index in [2.05, 4.69) is 15.5 Å². The molecule has 1 N–H and O–H groups in total. The van der Waals surface area contributed by atoms with Crippen molar-refractivity contribution in [3.8, 4) is 11.5 Å². The number of methoxy groups -OCH3 is 2. The number of nitro benzene ring substituents is 1. The van der Waals surface area contributed by atoms with Gasteiger partial charge in [0.05, 0.1) is 48.1 Å². The van der Waals surface area contributed by atoms with Crippen LogP contribution in [0, 0.1) is 10.1 Å². The fourth-order valence-corrected chi connectivity index (χ4v) is 6.07. The monoisotopic (exact) mass is 621 g/mol. The van der Waals surface area contributed by atoms with E-state index in [0.717, 1.165) is 16.2 Å². The van der Waals surface area contributed by atoms with Crippen molar-refractivity contribution in [1.29, 1.82) is 0 Å². The standard InChI is InChI=1S/C28H27N7O6S2/c1-33-24(15-29-27(37)17-9-11-18(12-10-17)35(38)39)30-31-28(33)43-16-25(36)34-21(14-20(32-34)23-8-5-13-42-23)19-6-4-7-22(40-2)26(19)41-3/h4-13,21H,14-16H2,1-3H3,(H,29,37)/t21-/m1/s1. The van der Waals surface area contributed by atoms with Crippen molar-refractivity contribution in [2.45, 2.75) is 24.2 Å². The number of nitrogens with zero attached hydrogens (tertiary/aromatic N) is 6. The number of benzene rings is 2. The maximum Gasteiger partial charge on any atom is 0.269 e. The Hall–Kier alpha value is -4.76. The van der Waals surface area contributed by atoms with Gasteiger partial charge in [-0.3, -0.25) is 19.7 Å². The first-order valence-corrected chi connectivity index (χ1v) is 14.8. The Balaban J connectivity index is 1.27. The lowest BCUT2D eigenvalue weighted by Crippen LogP contribution is -2.29. The number of hydrogen-bond donors (Lipinski definition) is 1. The van der Waals surface area contributed by atoms with Gasteiger partial charge >= 0.3 is 0 Å². The van der Waals surface area contributed by atoms with Crippen molar-refractivity contribution in [1.82, 2.24) is 25.1 Å². The highest BCUT2D eigenvalue weighted by atomic mass is 32.2. The molecule has 2 amide bonds. The molecule has 0 bridgehead atoms. The Bertz CT molecular complexity index is 1670. The van der Waals surface area contributed by atoms with Crippen molar-refractivity contribution >= 4 is 46.3 Å². The summed E-state index contributed by atoms with van der Waals surface area (Å²) >= 11 is 2.77. The van der Waals surface area contributed by atoms with Crippen LogP contribution in [0.25, 0.3) is 0 Å². The summed E-state index contributed by atoms with van der Waals surface area (Å²) in [6, 6.07) is 14.4. The number of rotatable bonds is 11. The number of non-ortho nitro benzene ring substituents is 1. The Morgan fingerprint density at radius 3 is 2.58 bits per heavy atom. The first kappa shape index (κ1) is 29.7. The molecule has 2 aromatic carbocycles. The zero-order valence-corrected chi connectivity index (χ0v) is 25.1. The highest BCUT2D eigenvalue weighted by Crippen LogP contribution is 2.42. The average molecular weight is 622 g/mol. The molecule has 0 aliphatic carbocycles. The summed E-state index contributed by atoms with van der Waals surface area (Å²) in [5.41, 5.74) is 1.79. The number of carbonyl (C=O) groups is 2. The molecular weight excluding hydrogens is 594 g/mol. The quantitative estimate of drug-likeness (QED) is 0.147. The average Bonchev–Trinajstić information content (AvgIpc) is 3.79. The Kier molecular flexibility index (Phi) is 9.01. The van der Waals surface area contributed by atoms with Crippen molar-refractivity contribution in [2.75, 3.05) is 20.0 Å². The SMILES string of the molecule is COc1cccc([C@H]2CC(c3cccs3)=NN2C(=O)CSc2nnc(CNC(=O)c3ccc([N+](=O)[O-])cc3)n2C)c1OC. The lowest BCUT2D eigenvalue weighted by atomic mass is 9.99. The molecule has 0 saturated heterocycles. The van der Waals surface area contributed by atoms with Gasteiger partial charge in [-0.1, -0.05) is 30.0 Å². The van der Waals surface area contributed by atoms with Gasteiger partial charge in [0.25, 0.3) is 17.5 Å². The first-order valence-electron chi connectivity index (χ1n) is 13.0. The summed E-state index contributed by atoms with van der Waals surface area (Å²) in [7, 11) is 4.88. The van der Waals surface area contributed by atoms with Gasteiger partial charge in [0.1, 0.15) is 0 Å². The van der Waals surface area contributed by atoms with E-state index in [0.29, 0.717) is 28.9 Å². The molecule has 2 aromatic heterocycles. The number of hydrogen-bond acceptors (Lipinski definition) is 11. The first-order chi connectivity index (χ1) is 20.8. The zero-order valence-electron chi connectivity index (χ0n) is 23.4. The summed E-state index contributed by atoms with van der Waals surface area (Å²) in [5.74, 6) is 1.02. The minimum Gasteiger partial charge on any atom is -0.493 e. The fourth-order valence-electron chi connectivity index (χ4n) is 4.56. The maximum atomic E-state index is 13.6. The number of ether oxygens (including phenoxy) is 2. The van der Waals surface area contributed by atoms with E-state index in [1.54, 1.807) is 43.2 Å². The van der Waals surface area contributed by atoms with Gasteiger partial charge in [0.15, 0.2) is 22.5 Å². The summed E-state index contributed by atoms with van der Waals surface area (Å²) < 4.78 is 12.9. The number of para-hydroxylation sites is 1. The summed E-state index contributed by atoms with van der Waals surface area (Å²) in [6.07, 6.45) is 0.517. The maximum absolute atomic E-state index is 13.6. The largest absolute Gasteiger partial charge is 0.493 e. The Morgan fingerprint density at radius 1 is 1.12 bits per heavy atom. The number of carbonyl (C=O) groups excluding carboxylic acids is 2. The van der Waals surface area contributed by atoms with Crippen LogP contribution in [0.4, 0.5) is 5.69 Å². The summed E-state index contributed by atoms with van der Waals surface area (Å²) in [4.78, 5) is 37.4. The van der Waals surface area contributed by atoms with Crippen LogP contribution in [0.3, 0.4) is 0 Å². The van der Waals surface area contributed by atoms with E-state index < -0.39 is 10.8 Å². The number of thioether (sulfide) groups is 1. The van der Waals surface area contributed by atoms with Crippen LogP contribution in [-0.2, 0) is 18.4 Å². The predicted molar refractivity (Wildman–Crippen MR) is 161 cm³/mol. The molecule has 0 saturated carbocycles. The number of nitro groups is 1. The van der Waals surface area contributed by atoms with Crippen LogP contribution >= 0.6 is 23.1 Å². The normalized spacial score (nSPS) is 14.3. The summed E-state index contributed by atoms with van der Waals surface area (Å²) in [6.45, 7) is 0.0755. The molecule has 4 aromatic rings. The Morgan fingerprint density at radius 2 is 1.91 bits per heavy atom. The minimum atomic E-state index is -0.528. The van der Waals surface area contributed by atoms with Crippen LogP contribution in [0.15, 0.2) is 70.2 Å². The third-order valence-corrected chi connectivity index (χ3v) is 8.68. The van der Waals surface area contributed by atoms with Gasteiger partial charge in [-0.2, -0.15) is 5.10 Å². The lowest BCUT2D eigenvalue weighted by Gasteiger charge is -2.24. The molecule has 0 spiro atoms. The number of aromatic nitrogens is 3. The van der Waals surface area contributed by atoms with Crippen LogP contribution in [0.1, 0.15) is 39.1 Å². The van der Waals surface area contributed by atoms with Crippen molar-refractivity contribution in [2.24, 2.45) is 12.1 Å². The second kappa shape index (κ2) is 13.0. The smallest absolute Gasteiger partial charge is 0.269 e. The fraction of sp³-hybridized carbons (Fsp3) is 0.250. The molecule has 1 aliphatic rings. The van der Waals surface area contributed by atoms with Gasteiger partial charge in [-0.15, -0.1) is 21.5 Å². The van der Waals surface area contributed by atoms with Crippen LogP contribution in [-0.4, -0.2) is 62.2 Å². The van der Waals surface area contributed by atoms with Gasteiger partial charge in [-0.05, 0) is 29.6 Å². The number of thiophene rings is 1. The highest BCUT2D eigenvalue weighted by molar-refractivity contribution is 7.99. The van der Waals surface area contributed by atoms with E-state index in [1.165, 1.54) is 41.0 Å². The Labute approximate surface area is 254 Å². The second-order valence-electron chi connectivity index (χ2n) is 9.30. The molecule has 5 rings (SSSR count). The topological polar surface area (TPSA) is 154 Å². The third kappa shape index (κ3) is 6.36. The molecule has 0 unspecified atom stereocenters. The van der Waals surface area contributed by atoms with E-state index >= 15 is 0 Å². The number of amides is 2. The molecular formula is C28H27N7O6S2. The van der Waals surface area contributed by atoms with Crippen LogP contribution in [0.2, 0.25) is 0 Å². The van der Waals surface area contributed by atoms with Gasteiger partial charge in [0.2, 0.25) is 0 Å². The van der Waals surface area contributed by atoms with Crippen molar-refractivity contribution in [3.63, 3.8) is 0 Å². The highest BCUT2D eigenvalue weighted by Gasteiger charge is 2.36. The predicted octanol–water partition coefficient (Wildman–Crippen LogP) is 4.20. The molecule has 0 fully saturated rings. The van der Waals surface area contributed by atoms with Crippen LogP contribution < -0.4 is 14.8 Å². The lowest BCUT2D eigenvalue weighted by molar-refractivity contribution is -0.384. The molecule has 0 radical (unpaired) electrons. The van der Waals surface area contributed by atoms with Crippen molar-refractivity contribution < 1.29 is 24.0 Å². The summed E-state index contributed by atoms with van der Waals surface area (Å²) in [5, 5.41) is 30.6. The molecule has 3 heterocycles. The molecule has 15 heteroatoms.